The molecule has 12 heteroatoms. The summed E-state index contributed by atoms with van der Waals surface area (Å²) in [6.45, 7) is 51.7. The van der Waals surface area contributed by atoms with E-state index in [4.69, 9.17) is 25.8 Å². The monoisotopic (exact) mass is 932 g/mol. The molecular weight excluding hydrogens is 859 g/mol. The van der Waals surface area contributed by atoms with E-state index in [-0.39, 0.29) is 0 Å². The zero-order chi connectivity index (χ0) is 45.7. The molecule has 2 heterocycles. The molecule has 0 radical (unpaired) electrons. The molecule has 6 nitrogen and oxygen atoms in total. The summed E-state index contributed by atoms with van der Waals surface area (Å²) in [5, 5.41) is 9.87. The number of hydrogen-bond donors (Lipinski definition) is 0. The van der Waals surface area contributed by atoms with Crippen molar-refractivity contribution in [3.8, 4) is 0 Å². The zero-order valence-corrected chi connectivity index (χ0v) is 47.4. The number of benzene rings is 4. The molecule has 0 N–H and O–H groups in total. The summed E-state index contributed by atoms with van der Waals surface area (Å²) in [4.78, 5) is 0. The minimum atomic E-state index is -1.87. The lowest BCUT2D eigenvalue weighted by molar-refractivity contribution is 0.153. The first-order chi connectivity index (χ1) is 27.8. The van der Waals surface area contributed by atoms with Crippen molar-refractivity contribution in [1.82, 2.24) is 0 Å². The van der Waals surface area contributed by atoms with Crippen molar-refractivity contribution in [1.29, 1.82) is 0 Å². The molecule has 0 saturated heterocycles. The highest BCUT2D eigenvalue weighted by Gasteiger charge is 2.32. The Labute approximate surface area is 372 Å². The predicted molar refractivity (Wildman–Crippen MR) is 279 cm³/mol. The molecule has 0 atom stereocenters. The maximum Gasteiger partial charge on any atom is 0.387 e. The summed E-state index contributed by atoms with van der Waals surface area (Å²) in [6, 6.07) is 9.44. The lowest BCUT2D eigenvalue weighted by Crippen LogP contribution is -2.39. The standard InChI is InChI=1S/C49H74O6P2Si4/c1-29-23-37(58(11,12)13)45-41(33(29)5)42-34(6)30(2)24-38(59(14,15)16)46(42)53-56(52-45)50-27-49(9,10)28-51-57-54-47-39(60(17,18)19)25-31(3)35(7)43(47)44-36(8)32(4)26-40(48(44)55-57)61(20,21)22/h23-26H,27-28H2,1-22H3. The molecule has 61 heavy (non-hydrogen) atoms. The molecule has 0 aliphatic heterocycles. The maximum absolute atomic E-state index is 7.10. The average Bonchev–Trinajstić information content (AvgIpc) is 3.40. The highest BCUT2D eigenvalue weighted by atomic mass is 31.1. The Morgan fingerprint density at radius 3 is 0.770 bits per heavy atom. The van der Waals surface area contributed by atoms with Crippen LogP contribution in [-0.4, -0.2) is 45.5 Å². The lowest BCUT2D eigenvalue weighted by Gasteiger charge is -2.22. The number of aryl methyl sites for hydroxylation is 8. The molecule has 0 bridgehead atoms. The average molecular weight is 933 g/mol. The Morgan fingerprint density at radius 2 is 0.590 bits per heavy atom. The second-order valence-corrected chi connectivity index (χ2v) is 45.1. The van der Waals surface area contributed by atoms with E-state index in [9.17, 15) is 0 Å². The fourth-order valence-corrected chi connectivity index (χ4v) is 17.2. The smallest absolute Gasteiger partial charge is 0.387 e. The van der Waals surface area contributed by atoms with Gasteiger partial charge in [0.1, 0.15) is 22.3 Å². The Bertz CT molecular complexity index is 2440. The van der Waals surface area contributed by atoms with Crippen molar-refractivity contribution in [3.63, 3.8) is 0 Å². The molecule has 0 saturated carbocycles. The number of hydrogen-bond acceptors (Lipinski definition) is 6. The highest BCUT2D eigenvalue weighted by Crippen LogP contribution is 2.42. The predicted octanol–water partition coefficient (Wildman–Crippen LogP) is 14.1. The molecule has 0 aliphatic carbocycles. The molecule has 332 valence electrons. The van der Waals surface area contributed by atoms with E-state index >= 15 is 0 Å². The first-order valence-electron chi connectivity index (χ1n) is 22.0. The molecule has 0 unspecified atom stereocenters. The van der Waals surface area contributed by atoms with Crippen molar-refractivity contribution < 1.29 is 25.8 Å². The van der Waals surface area contributed by atoms with Gasteiger partial charge < -0.3 is 16.8 Å². The Hall–Kier alpha value is -2.53. The molecule has 0 spiro atoms. The van der Waals surface area contributed by atoms with Crippen molar-refractivity contribution >= 4 is 113 Å². The van der Waals surface area contributed by atoms with Gasteiger partial charge in [-0.05, 0) is 121 Å². The first kappa shape index (κ1) is 47.9. The Balaban J connectivity index is 1.53. The third kappa shape index (κ3) is 9.36. The van der Waals surface area contributed by atoms with Crippen LogP contribution in [0.1, 0.15) is 58.4 Å². The van der Waals surface area contributed by atoms with Gasteiger partial charge >= 0.3 is 16.5 Å². The minimum Gasteiger partial charge on any atom is -0.399 e. The SMILES string of the molecule is Cc1cc([Si](C)(C)C)c2op(OCC(C)(C)COp3oc4c([Si](C)(C)C)cc(C)c(C)c4c4c(C)c(C)cc([Si](C)(C)C)c4o3)oc3c([Si](C)(C)C)cc(C)c(C)c3c2c1C. The summed E-state index contributed by atoms with van der Waals surface area (Å²) < 4.78 is 42.2. The van der Waals surface area contributed by atoms with Gasteiger partial charge in [-0.1, -0.05) is 117 Å². The summed E-state index contributed by atoms with van der Waals surface area (Å²) in [6.07, 6.45) is 0. The van der Waals surface area contributed by atoms with Crippen LogP contribution in [0, 0.1) is 60.8 Å². The van der Waals surface area contributed by atoms with Gasteiger partial charge in [0, 0.05) is 27.0 Å². The molecule has 0 amide bonds. The minimum absolute atomic E-state index is 0.358. The van der Waals surface area contributed by atoms with Gasteiger partial charge in [-0.25, -0.2) is 0 Å². The third-order valence-electron chi connectivity index (χ3n) is 12.7. The summed E-state index contributed by atoms with van der Waals surface area (Å²) in [7, 11) is -11.1. The van der Waals surface area contributed by atoms with Crippen molar-refractivity contribution in [3.05, 3.63) is 68.8 Å². The topological polar surface area (TPSA) is 71.0 Å². The van der Waals surface area contributed by atoms with Crippen molar-refractivity contribution in [2.24, 2.45) is 5.41 Å². The third-order valence-corrected chi connectivity index (χ3v) is 22.7. The van der Waals surface area contributed by atoms with Crippen LogP contribution in [0.5, 0.6) is 0 Å². The maximum atomic E-state index is 7.10. The van der Waals surface area contributed by atoms with Gasteiger partial charge in [-0.15, -0.1) is 0 Å². The van der Waals surface area contributed by atoms with Gasteiger partial charge in [-0.3, -0.25) is 9.05 Å². The molecule has 6 rings (SSSR count). The molecule has 2 aromatic heterocycles. The lowest BCUT2D eigenvalue weighted by atomic mass is 9.97. The van der Waals surface area contributed by atoms with Crippen LogP contribution in [0.25, 0.3) is 43.9 Å². The molecule has 0 aliphatic rings. The van der Waals surface area contributed by atoms with Gasteiger partial charge in [-0.2, -0.15) is 0 Å². The van der Waals surface area contributed by atoms with E-state index in [0.717, 1.165) is 22.3 Å². The van der Waals surface area contributed by atoms with Gasteiger partial charge in [0.25, 0.3) is 0 Å². The van der Waals surface area contributed by atoms with Crippen LogP contribution < -0.4 is 29.8 Å². The second kappa shape index (κ2) is 16.5. The van der Waals surface area contributed by atoms with Crippen LogP contribution in [0.3, 0.4) is 0 Å². The van der Waals surface area contributed by atoms with Crippen molar-refractivity contribution in [2.45, 2.75) is 148 Å². The van der Waals surface area contributed by atoms with E-state index in [1.54, 1.807) is 0 Å². The van der Waals surface area contributed by atoms with Crippen LogP contribution in [0.15, 0.2) is 41.1 Å². The van der Waals surface area contributed by atoms with Crippen molar-refractivity contribution in [2.75, 3.05) is 13.2 Å². The fourth-order valence-electron chi connectivity index (χ4n) is 8.32. The normalized spacial score (nSPS) is 13.3. The Kier molecular flexibility index (Phi) is 12.9. The molecular formula is C49H74O6P2Si4. The van der Waals surface area contributed by atoms with Crippen LogP contribution in [0.2, 0.25) is 78.6 Å². The summed E-state index contributed by atoms with van der Waals surface area (Å²) in [5.74, 6) is 0. The molecule has 0 fully saturated rings. The van der Waals surface area contributed by atoms with E-state index in [0.29, 0.717) is 13.2 Å². The van der Waals surface area contributed by atoms with E-state index in [1.165, 1.54) is 86.8 Å². The molecule has 4 aromatic carbocycles. The van der Waals surface area contributed by atoms with Crippen LogP contribution in [-0.2, 0) is 0 Å². The molecule has 6 aromatic rings. The van der Waals surface area contributed by atoms with E-state index in [2.05, 4.69) is 172 Å². The van der Waals surface area contributed by atoms with E-state index < -0.39 is 54.2 Å². The second-order valence-electron chi connectivity index (χ2n) is 22.8. The van der Waals surface area contributed by atoms with Gasteiger partial charge in [0.2, 0.25) is 0 Å². The number of fused-ring (bicyclic) bond motifs is 6. The van der Waals surface area contributed by atoms with Crippen LogP contribution >= 0.6 is 16.5 Å². The quantitative estimate of drug-likeness (QED) is 0.127. The van der Waals surface area contributed by atoms with Crippen LogP contribution in [0.4, 0.5) is 0 Å². The summed E-state index contributed by atoms with van der Waals surface area (Å²) in [5.41, 5.74) is 13.4. The van der Waals surface area contributed by atoms with Gasteiger partial charge in [0.05, 0.1) is 45.5 Å². The fraction of sp³-hybridized carbons (Fsp3) is 0.510. The van der Waals surface area contributed by atoms with E-state index in [1.807, 2.05) is 0 Å². The highest BCUT2D eigenvalue weighted by molar-refractivity contribution is 7.32. The van der Waals surface area contributed by atoms with Gasteiger partial charge in [0.15, 0.2) is 0 Å². The Morgan fingerprint density at radius 1 is 0.393 bits per heavy atom. The first-order valence-corrected chi connectivity index (χ1v) is 38.2. The number of rotatable bonds is 10. The zero-order valence-electron chi connectivity index (χ0n) is 41.6. The summed E-state index contributed by atoms with van der Waals surface area (Å²) >= 11 is 0. The largest absolute Gasteiger partial charge is 0.399 e.